The lowest BCUT2D eigenvalue weighted by Crippen LogP contribution is -1.81. The quantitative estimate of drug-likeness (QED) is 0.182. The Morgan fingerprint density at radius 1 is 0.317 bits per heavy atom. The second-order valence-corrected chi connectivity index (χ2v) is 13.0. The fourth-order valence-corrected chi connectivity index (χ4v) is 7.95. The number of hydrogen-bond acceptors (Lipinski definition) is 4. The van der Waals surface area contributed by atoms with Crippen LogP contribution < -0.4 is 4.74 Å². The van der Waals surface area contributed by atoms with Crippen LogP contribution in [0.15, 0.2) is 140 Å². The van der Waals surface area contributed by atoms with E-state index in [1.54, 1.807) is 7.11 Å². The van der Waals surface area contributed by atoms with E-state index in [-0.39, 0.29) is 0 Å². The van der Waals surface area contributed by atoms with Gasteiger partial charge in [0.1, 0.15) is 5.75 Å². The van der Waals surface area contributed by atoms with Gasteiger partial charge < -0.3 is 4.74 Å². The second-order valence-electron chi connectivity index (χ2n) is 9.74. The molecule has 4 heteroatoms. The molecule has 3 aromatic heterocycles. The van der Waals surface area contributed by atoms with Crippen LogP contribution in [-0.4, -0.2) is 7.11 Å². The van der Waals surface area contributed by atoms with Crippen LogP contribution in [-0.2, 0) is 0 Å². The van der Waals surface area contributed by atoms with Gasteiger partial charge in [-0.3, -0.25) is 0 Å². The van der Waals surface area contributed by atoms with E-state index in [0.29, 0.717) is 0 Å². The molecule has 7 aromatic rings. The van der Waals surface area contributed by atoms with Crippen molar-refractivity contribution in [3.63, 3.8) is 0 Å². The van der Waals surface area contributed by atoms with Crippen LogP contribution >= 0.6 is 34.0 Å². The maximum atomic E-state index is 5.29. The van der Waals surface area contributed by atoms with E-state index < -0.39 is 0 Å². The minimum atomic E-state index is 0.880. The molecule has 0 aliphatic rings. The van der Waals surface area contributed by atoms with Crippen molar-refractivity contribution < 1.29 is 4.74 Å². The number of benzene rings is 4. The molecular weight excluding hydrogens is 557 g/mol. The molecule has 0 N–H and O–H groups in total. The lowest BCUT2D eigenvalue weighted by molar-refractivity contribution is 0.415. The predicted molar refractivity (Wildman–Crippen MR) is 179 cm³/mol. The van der Waals surface area contributed by atoms with Gasteiger partial charge in [0, 0.05) is 29.3 Å². The molecule has 4 aromatic carbocycles. The predicted octanol–water partition coefficient (Wildman–Crippen LogP) is 11.9. The lowest BCUT2D eigenvalue weighted by atomic mass is 10.1. The van der Waals surface area contributed by atoms with Gasteiger partial charge in [0.25, 0.3) is 0 Å². The van der Waals surface area contributed by atoms with Crippen LogP contribution in [0.3, 0.4) is 0 Å². The molecule has 0 saturated heterocycles. The van der Waals surface area contributed by atoms with Crippen LogP contribution in [0.25, 0.3) is 62.6 Å². The van der Waals surface area contributed by atoms with Crippen molar-refractivity contribution in [2.24, 2.45) is 0 Å². The Labute approximate surface area is 252 Å². The van der Waals surface area contributed by atoms with Gasteiger partial charge in [-0.2, -0.15) is 0 Å². The summed E-state index contributed by atoms with van der Waals surface area (Å²) in [4.78, 5) is 7.70. The number of rotatable bonds is 7. The summed E-state index contributed by atoms with van der Waals surface area (Å²) in [5.74, 6) is 0.880. The van der Waals surface area contributed by atoms with Gasteiger partial charge in [0.05, 0.1) is 7.11 Å². The highest BCUT2D eigenvalue weighted by Gasteiger charge is 2.10. The van der Waals surface area contributed by atoms with Crippen molar-refractivity contribution in [1.82, 2.24) is 0 Å². The van der Waals surface area contributed by atoms with Gasteiger partial charge in [-0.15, -0.1) is 34.0 Å². The van der Waals surface area contributed by atoms with E-state index >= 15 is 0 Å². The molecule has 0 aliphatic heterocycles. The highest BCUT2D eigenvalue weighted by atomic mass is 32.1. The van der Waals surface area contributed by atoms with E-state index in [4.69, 9.17) is 4.74 Å². The summed E-state index contributed by atoms with van der Waals surface area (Å²) in [7, 11) is 1.70. The first-order valence-corrected chi connectivity index (χ1v) is 15.9. The SMILES string of the molecule is COc1ccc(-c2ccc(-c3ccc(-c4ccc(-c5ccc(-c6ccc(-c7ccccc7)s6)cc5)s4)cc3)s2)cc1. The normalized spacial score (nSPS) is 11.0. The van der Waals surface area contributed by atoms with E-state index in [1.807, 2.05) is 46.1 Å². The minimum Gasteiger partial charge on any atom is -0.497 e. The highest BCUT2D eigenvalue weighted by Crippen LogP contribution is 2.39. The number of thiophene rings is 3. The zero-order valence-electron chi connectivity index (χ0n) is 22.4. The Morgan fingerprint density at radius 2 is 0.585 bits per heavy atom. The van der Waals surface area contributed by atoms with Crippen molar-refractivity contribution in [3.05, 3.63) is 140 Å². The first-order valence-electron chi connectivity index (χ1n) is 13.4. The minimum absolute atomic E-state index is 0.880. The molecule has 0 unspecified atom stereocenters. The smallest absolute Gasteiger partial charge is 0.118 e. The van der Waals surface area contributed by atoms with Gasteiger partial charge in [-0.1, -0.05) is 78.9 Å². The van der Waals surface area contributed by atoms with Crippen LogP contribution in [0.5, 0.6) is 5.75 Å². The average Bonchev–Trinajstić information content (AvgIpc) is 3.84. The van der Waals surface area contributed by atoms with Gasteiger partial charge in [-0.05, 0) is 94.0 Å². The van der Waals surface area contributed by atoms with Crippen LogP contribution in [0.1, 0.15) is 0 Å². The van der Waals surface area contributed by atoms with Gasteiger partial charge in [0.2, 0.25) is 0 Å². The molecule has 0 atom stereocenters. The Kier molecular flexibility index (Phi) is 7.12. The average molecular weight is 583 g/mol. The first kappa shape index (κ1) is 25.7. The van der Waals surface area contributed by atoms with Crippen molar-refractivity contribution in [3.8, 4) is 68.4 Å². The molecule has 0 spiro atoms. The van der Waals surface area contributed by atoms with Crippen molar-refractivity contribution in [2.75, 3.05) is 7.11 Å². The van der Waals surface area contributed by atoms with Crippen molar-refractivity contribution in [1.29, 1.82) is 0 Å². The third-order valence-electron chi connectivity index (χ3n) is 7.16. The maximum absolute atomic E-state index is 5.29. The number of hydrogen-bond donors (Lipinski definition) is 0. The fourth-order valence-electron chi connectivity index (χ4n) is 4.90. The molecular formula is C37H26OS3. The molecule has 0 bridgehead atoms. The van der Waals surface area contributed by atoms with E-state index in [2.05, 4.69) is 127 Å². The molecule has 0 amide bonds. The first-order chi connectivity index (χ1) is 20.2. The molecule has 198 valence electrons. The molecule has 0 radical (unpaired) electrons. The molecule has 7 rings (SSSR count). The fraction of sp³-hybridized carbons (Fsp3) is 0.0270. The maximum Gasteiger partial charge on any atom is 0.118 e. The summed E-state index contributed by atoms with van der Waals surface area (Å²) in [6.07, 6.45) is 0. The molecule has 0 fully saturated rings. The standard InChI is InChI=1S/C37H26OS3/c1-38-31-17-15-30(16-18-31)37-24-23-36(41-37)29-13-11-28(12-14-29)35-22-21-34(40-35)27-9-7-26(8-10-27)33-20-19-32(39-33)25-5-3-2-4-6-25/h2-24H,1H3. The van der Waals surface area contributed by atoms with E-state index in [9.17, 15) is 0 Å². The van der Waals surface area contributed by atoms with Gasteiger partial charge in [0.15, 0.2) is 0 Å². The zero-order chi connectivity index (χ0) is 27.6. The van der Waals surface area contributed by atoms with Crippen LogP contribution in [0, 0.1) is 0 Å². The Balaban J connectivity index is 1.05. The lowest BCUT2D eigenvalue weighted by Gasteiger charge is -2.03. The van der Waals surface area contributed by atoms with E-state index in [1.165, 1.54) is 62.6 Å². The summed E-state index contributed by atoms with van der Waals surface area (Å²) < 4.78 is 5.29. The monoisotopic (exact) mass is 582 g/mol. The van der Waals surface area contributed by atoms with E-state index in [0.717, 1.165) is 5.75 Å². The summed E-state index contributed by atoms with van der Waals surface area (Å²) in [5, 5.41) is 0. The van der Waals surface area contributed by atoms with Gasteiger partial charge in [-0.25, -0.2) is 0 Å². The Bertz CT molecular complexity index is 1890. The third kappa shape index (κ3) is 5.42. The molecule has 0 aliphatic carbocycles. The number of ether oxygens (including phenoxy) is 1. The van der Waals surface area contributed by atoms with Crippen molar-refractivity contribution in [2.45, 2.75) is 0 Å². The third-order valence-corrected chi connectivity index (χ3v) is 10.7. The Morgan fingerprint density at radius 3 is 0.878 bits per heavy atom. The van der Waals surface area contributed by atoms with Gasteiger partial charge >= 0.3 is 0 Å². The number of methoxy groups -OCH3 is 1. The highest BCUT2D eigenvalue weighted by molar-refractivity contribution is 7.19. The molecule has 41 heavy (non-hydrogen) atoms. The molecule has 0 saturated carbocycles. The zero-order valence-corrected chi connectivity index (χ0v) is 24.9. The molecule has 1 nitrogen and oxygen atoms in total. The van der Waals surface area contributed by atoms with Crippen LogP contribution in [0.4, 0.5) is 0 Å². The van der Waals surface area contributed by atoms with Crippen molar-refractivity contribution >= 4 is 34.0 Å². The molecule has 3 heterocycles. The second kappa shape index (κ2) is 11.3. The summed E-state index contributed by atoms with van der Waals surface area (Å²) in [6, 6.07) is 50.1. The summed E-state index contributed by atoms with van der Waals surface area (Å²) in [5.41, 5.74) is 7.50. The largest absolute Gasteiger partial charge is 0.497 e. The summed E-state index contributed by atoms with van der Waals surface area (Å²) in [6.45, 7) is 0. The van der Waals surface area contributed by atoms with Crippen LogP contribution in [0.2, 0.25) is 0 Å². The summed E-state index contributed by atoms with van der Waals surface area (Å²) >= 11 is 5.50. The Hall–Kier alpha value is -4.22. The topological polar surface area (TPSA) is 9.23 Å².